The Kier molecular flexibility index (Phi) is 5.63. The lowest BCUT2D eigenvalue weighted by Crippen LogP contribution is -2.44. The van der Waals surface area contributed by atoms with Gasteiger partial charge in [-0.05, 0) is 55.7 Å². The molecule has 0 spiro atoms. The number of amides is 1. The largest absolute Gasteiger partial charge is 0.348 e. The van der Waals surface area contributed by atoms with Crippen molar-refractivity contribution < 1.29 is 4.79 Å². The van der Waals surface area contributed by atoms with E-state index in [0.29, 0.717) is 18.3 Å². The third-order valence-electron chi connectivity index (χ3n) is 6.04. The molecule has 0 unspecified atom stereocenters. The minimum absolute atomic E-state index is 0.0357. The van der Waals surface area contributed by atoms with E-state index >= 15 is 0 Å². The molecule has 1 fully saturated rings. The number of nitrogens with zero attached hydrogens (tertiary/aromatic N) is 4. The highest BCUT2D eigenvalue weighted by Gasteiger charge is 2.35. The topological polar surface area (TPSA) is 71.0 Å². The van der Waals surface area contributed by atoms with Gasteiger partial charge in [-0.3, -0.25) is 14.7 Å². The molecule has 6 nitrogen and oxygen atoms in total. The summed E-state index contributed by atoms with van der Waals surface area (Å²) in [6.07, 6.45) is 9.66. The molecular weight excluding hydrogens is 362 g/mol. The van der Waals surface area contributed by atoms with Crippen LogP contribution in [0.25, 0.3) is 11.4 Å². The predicted octanol–water partition coefficient (Wildman–Crippen LogP) is 3.40. The molecule has 1 N–H and O–H groups in total. The van der Waals surface area contributed by atoms with E-state index < -0.39 is 0 Å². The first-order valence-electron chi connectivity index (χ1n) is 10.7. The van der Waals surface area contributed by atoms with Crippen molar-refractivity contribution in [3.63, 3.8) is 0 Å². The summed E-state index contributed by atoms with van der Waals surface area (Å²) in [5.74, 6) is 1.47. The van der Waals surface area contributed by atoms with Gasteiger partial charge >= 0.3 is 0 Å². The average molecular weight is 394 g/mol. The monoisotopic (exact) mass is 393 g/mol. The summed E-state index contributed by atoms with van der Waals surface area (Å²) >= 11 is 0. The van der Waals surface area contributed by atoms with Crippen LogP contribution >= 0.6 is 0 Å². The molecule has 4 rings (SSSR count). The molecule has 2 atom stereocenters. The van der Waals surface area contributed by atoms with Gasteiger partial charge < -0.3 is 5.32 Å². The summed E-state index contributed by atoms with van der Waals surface area (Å²) < 4.78 is 0. The van der Waals surface area contributed by atoms with Crippen molar-refractivity contribution in [1.29, 1.82) is 0 Å². The number of hydrogen-bond donors (Lipinski definition) is 1. The Morgan fingerprint density at radius 2 is 2.21 bits per heavy atom. The molecule has 0 aromatic carbocycles. The molecule has 1 aliphatic heterocycles. The second-order valence-corrected chi connectivity index (χ2v) is 9.49. The standard InChI is InChI=1S/C23H31N5O/c1-16-6-5-9-28(14-16)15-21(29)26-19-10-23(2,3)11-20-18(19)13-25-22(27-20)17-7-4-8-24-12-17/h4,7-8,12-13,16,19H,5-6,9-11,14-15H2,1-3H3,(H,26,29)/t16-,19-/m1/s1. The first kappa shape index (κ1) is 20.0. The quantitative estimate of drug-likeness (QED) is 0.862. The Bertz CT molecular complexity index is 867. The summed E-state index contributed by atoms with van der Waals surface area (Å²) in [6.45, 7) is 9.26. The minimum Gasteiger partial charge on any atom is -0.348 e. The van der Waals surface area contributed by atoms with Gasteiger partial charge in [0.15, 0.2) is 5.82 Å². The zero-order valence-corrected chi connectivity index (χ0v) is 17.7. The highest BCUT2D eigenvalue weighted by atomic mass is 16.2. The summed E-state index contributed by atoms with van der Waals surface area (Å²) in [5, 5.41) is 3.28. The van der Waals surface area contributed by atoms with Crippen LogP contribution in [0.15, 0.2) is 30.7 Å². The van der Waals surface area contributed by atoms with E-state index in [1.807, 2.05) is 18.3 Å². The second-order valence-electron chi connectivity index (χ2n) is 9.49. The predicted molar refractivity (Wildman–Crippen MR) is 113 cm³/mol. The van der Waals surface area contributed by atoms with Crippen LogP contribution < -0.4 is 5.32 Å². The number of pyridine rings is 1. The molecule has 3 heterocycles. The van der Waals surface area contributed by atoms with E-state index in [4.69, 9.17) is 4.98 Å². The maximum absolute atomic E-state index is 12.8. The molecule has 1 aliphatic carbocycles. The Morgan fingerprint density at radius 3 is 2.97 bits per heavy atom. The molecule has 0 saturated carbocycles. The molecular formula is C23H31N5O. The van der Waals surface area contributed by atoms with E-state index in [9.17, 15) is 4.79 Å². The molecule has 2 aromatic heterocycles. The van der Waals surface area contributed by atoms with Gasteiger partial charge in [0.25, 0.3) is 0 Å². The zero-order chi connectivity index (χ0) is 20.4. The fraction of sp³-hybridized carbons (Fsp3) is 0.565. The summed E-state index contributed by atoms with van der Waals surface area (Å²) in [6, 6.07) is 3.83. The maximum atomic E-state index is 12.8. The first-order valence-corrected chi connectivity index (χ1v) is 10.7. The van der Waals surface area contributed by atoms with Crippen LogP contribution in [-0.4, -0.2) is 45.4 Å². The summed E-state index contributed by atoms with van der Waals surface area (Å²) in [5.41, 5.74) is 3.08. The molecule has 1 saturated heterocycles. The molecule has 0 bridgehead atoms. The van der Waals surface area contributed by atoms with Crippen molar-refractivity contribution in [2.24, 2.45) is 11.3 Å². The lowest BCUT2D eigenvalue weighted by molar-refractivity contribution is -0.123. The van der Waals surface area contributed by atoms with Crippen molar-refractivity contribution in [2.45, 2.75) is 52.5 Å². The van der Waals surface area contributed by atoms with Crippen LogP contribution in [0.1, 0.15) is 57.3 Å². The molecule has 29 heavy (non-hydrogen) atoms. The van der Waals surface area contributed by atoms with Crippen LogP contribution in [0.3, 0.4) is 0 Å². The van der Waals surface area contributed by atoms with Crippen molar-refractivity contribution in [3.8, 4) is 11.4 Å². The number of nitrogens with one attached hydrogen (secondary N) is 1. The van der Waals surface area contributed by atoms with E-state index in [1.165, 1.54) is 12.8 Å². The van der Waals surface area contributed by atoms with Gasteiger partial charge in [0, 0.05) is 36.3 Å². The van der Waals surface area contributed by atoms with Gasteiger partial charge in [-0.25, -0.2) is 9.97 Å². The van der Waals surface area contributed by atoms with E-state index in [0.717, 1.165) is 42.8 Å². The van der Waals surface area contributed by atoms with Crippen LogP contribution in [0, 0.1) is 11.3 Å². The lowest BCUT2D eigenvalue weighted by Gasteiger charge is -2.37. The molecule has 2 aromatic rings. The Labute approximate surface area is 173 Å². The van der Waals surface area contributed by atoms with Gasteiger partial charge in [0.05, 0.1) is 18.3 Å². The number of carbonyl (C=O) groups is 1. The van der Waals surface area contributed by atoms with E-state index in [-0.39, 0.29) is 17.4 Å². The average Bonchev–Trinajstić information content (AvgIpc) is 2.67. The first-order chi connectivity index (χ1) is 13.9. The fourth-order valence-corrected chi connectivity index (χ4v) is 4.68. The maximum Gasteiger partial charge on any atom is 0.234 e. The van der Waals surface area contributed by atoms with Crippen LogP contribution in [0.5, 0.6) is 0 Å². The van der Waals surface area contributed by atoms with Crippen LogP contribution in [-0.2, 0) is 11.2 Å². The fourth-order valence-electron chi connectivity index (χ4n) is 4.68. The number of piperidine rings is 1. The number of carbonyl (C=O) groups excluding carboxylic acids is 1. The smallest absolute Gasteiger partial charge is 0.234 e. The number of rotatable bonds is 4. The van der Waals surface area contributed by atoms with Gasteiger partial charge in [-0.1, -0.05) is 20.8 Å². The molecule has 6 heteroatoms. The van der Waals surface area contributed by atoms with Crippen molar-refractivity contribution in [1.82, 2.24) is 25.2 Å². The Balaban J connectivity index is 1.52. The van der Waals surface area contributed by atoms with Gasteiger partial charge in [-0.2, -0.15) is 0 Å². The third-order valence-corrected chi connectivity index (χ3v) is 6.04. The highest BCUT2D eigenvalue weighted by Crippen LogP contribution is 2.40. The van der Waals surface area contributed by atoms with Crippen molar-refractivity contribution in [2.75, 3.05) is 19.6 Å². The number of fused-ring (bicyclic) bond motifs is 1. The van der Waals surface area contributed by atoms with Gasteiger partial charge in [0.2, 0.25) is 5.91 Å². The van der Waals surface area contributed by atoms with Crippen molar-refractivity contribution >= 4 is 5.91 Å². The highest BCUT2D eigenvalue weighted by molar-refractivity contribution is 5.78. The van der Waals surface area contributed by atoms with Crippen molar-refractivity contribution in [3.05, 3.63) is 42.0 Å². The minimum atomic E-state index is -0.0357. The molecule has 2 aliphatic rings. The second kappa shape index (κ2) is 8.19. The molecule has 154 valence electrons. The molecule has 1 amide bonds. The van der Waals surface area contributed by atoms with Crippen LogP contribution in [0.2, 0.25) is 0 Å². The number of likely N-dealkylation sites (tertiary alicyclic amines) is 1. The van der Waals surface area contributed by atoms with E-state index in [1.54, 1.807) is 12.4 Å². The Morgan fingerprint density at radius 1 is 1.34 bits per heavy atom. The van der Waals surface area contributed by atoms with Gasteiger partial charge in [-0.15, -0.1) is 0 Å². The summed E-state index contributed by atoms with van der Waals surface area (Å²) in [4.78, 5) is 28.7. The summed E-state index contributed by atoms with van der Waals surface area (Å²) in [7, 11) is 0. The SMILES string of the molecule is C[C@@H]1CCCN(CC(=O)N[C@@H]2CC(C)(C)Cc3nc(-c4cccnc4)ncc32)C1. The number of aromatic nitrogens is 3. The van der Waals surface area contributed by atoms with Crippen LogP contribution in [0.4, 0.5) is 0 Å². The third kappa shape index (κ3) is 4.81. The van der Waals surface area contributed by atoms with E-state index in [2.05, 4.69) is 41.0 Å². The molecule has 0 radical (unpaired) electrons. The zero-order valence-electron chi connectivity index (χ0n) is 17.7. The van der Waals surface area contributed by atoms with Gasteiger partial charge in [0.1, 0.15) is 0 Å². The normalized spacial score (nSPS) is 24.0. The number of hydrogen-bond acceptors (Lipinski definition) is 5. The lowest BCUT2D eigenvalue weighted by atomic mass is 9.74. The Hall–Kier alpha value is -2.34.